The molecule has 0 unspecified atom stereocenters. The van der Waals surface area contributed by atoms with Gasteiger partial charge in [0.05, 0.1) is 0 Å². The molecule has 1 aromatic heterocycles. The van der Waals surface area contributed by atoms with E-state index in [1.54, 1.807) is 10.3 Å². The van der Waals surface area contributed by atoms with Gasteiger partial charge in [0, 0.05) is 18.5 Å². The van der Waals surface area contributed by atoms with E-state index in [9.17, 15) is 9.59 Å². The number of carbonyl (C=O) groups is 2. The van der Waals surface area contributed by atoms with Gasteiger partial charge in [0.15, 0.2) is 5.01 Å². The topological polar surface area (TPSA) is 88.3 Å². The Morgan fingerprint density at radius 2 is 2.12 bits per heavy atom. The van der Waals surface area contributed by atoms with Crippen molar-refractivity contribution in [3.05, 3.63) is 16.1 Å². The van der Waals surface area contributed by atoms with Gasteiger partial charge in [-0.25, -0.2) is 10.8 Å². The first-order valence-corrected chi connectivity index (χ1v) is 5.77. The van der Waals surface area contributed by atoms with E-state index >= 15 is 0 Å². The molecule has 0 bridgehead atoms. The highest BCUT2D eigenvalue weighted by Crippen LogP contribution is 2.11. The van der Waals surface area contributed by atoms with Gasteiger partial charge in [-0.05, 0) is 13.8 Å². The van der Waals surface area contributed by atoms with Crippen LogP contribution in [0.15, 0.2) is 5.38 Å². The van der Waals surface area contributed by atoms with E-state index in [4.69, 9.17) is 5.84 Å². The van der Waals surface area contributed by atoms with Crippen molar-refractivity contribution in [2.75, 3.05) is 13.1 Å². The molecule has 3 N–H and O–H groups in total. The average molecular weight is 242 g/mol. The van der Waals surface area contributed by atoms with Gasteiger partial charge < -0.3 is 4.90 Å². The Morgan fingerprint density at radius 3 is 2.62 bits per heavy atom. The maximum absolute atomic E-state index is 11.8. The summed E-state index contributed by atoms with van der Waals surface area (Å²) in [5.41, 5.74) is 2.26. The van der Waals surface area contributed by atoms with Gasteiger partial charge in [-0.15, -0.1) is 11.3 Å². The normalized spacial score (nSPS) is 9.94. The second-order valence-electron chi connectivity index (χ2n) is 2.99. The number of aromatic nitrogens is 1. The molecule has 0 aliphatic heterocycles. The molecule has 0 aliphatic carbocycles. The fraction of sp³-hybridized carbons (Fsp3) is 0.444. The molecule has 0 saturated carbocycles. The SMILES string of the molecule is CCN(CC)C(=O)c1csc(C(=O)NN)n1. The van der Waals surface area contributed by atoms with Gasteiger partial charge in [-0.2, -0.15) is 0 Å². The number of hydrogen-bond acceptors (Lipinski definition) is 5. The Kier molecular flexibility index (Phi) is 4.39. The number of nitrogens with two attached hydrogens (primary N) is 1. The van der Waals surface area contributed by atoms with Crippen LogP contribution in [0.5, 0.6) is 0 Å². The van der Waals surface area contributed by atoms with Gasteiger partial charge in [0.1, 0.15) is 5.69 Å². The average Bonchev–Trinajstić information content (AvgIpc) is 2.78. The molecule has 0 saturated heterocycles. The third kappa shape index (κ3) is 2.56. The van der Waals surface area contributed by atoms with Crippen molar-refractivity contribution in [1.82, 2.24) is 15.3 Å². The highest BCUT2D eigenvalue weighted by molar-refractivity contribution is 7.11. The van der Waals surface area contributed by atoms with Gasteiger partial charge in [0.2, 0.25) is 0 Å². The van der Waals surface area contributed by atoms with Gasteiger partial charge in [-0.1, -0.05) is 0 Å². The molecular formula is C9H14N4O2S. The van der Waals surface area contributed by atoms with Gasteiger partial charge in [0.25, 0.3) is 11.8 Å². The summed E-state index contributed by atoms with van der Waals surface area (Å²) in [7, 11) is 0. The summed E-state index contributed by atoms with van der Waals surface area (Å²) in [4.78, 5) is 28.6. The maximum Gasteiger partial charge on any atom is 0.294 e. The summed E-state index contributed by atoms with van der Waals surface area (Å²) < 4.78 is 0. The second kappa shape index (κ2) is 5.57. The number of nitrogens with zero attached hydrogens (tertiary/aromatic N) is 2. The zero-order chi connectivity index (χ0) is 12.1. The molecule has 88 valence electrons. The Hall–Kier alpha value is -1.47. The summed E-state index contributed by atoms with van der Waals surface area (Å²) in [6.07, 6.45) is 0. The number of amides is 2. The van der Waals surface area contributed by atoms with Crippen LogP contribution in [0.4, 0.5) is 0 Å². The summed E-state index contributed by atoms with van der Waals surface area (Å²) in [5.74, 6) is 4.32. The summed E-state index contributed by atoms with van der Waals surface area (Å²) in [5, 5.41) is 1.75. The number of nitrogens with one attached hydrogen (secondary N) is 1. The molecule has 16 heavy (non-hydrogen) atoms. The summed E-state index contributed by atoms with van der Waals surface area (Å²) in [6.45, 7) is 5.01. The standard InChI is InChI=1S/C9H14N4O2S/c1-3-13(4-2)9(15)6-5-16-8(11-6)7(14)12-10/h5H,3-4,10H2,1-2H3,(H,12,14). The highest BCUT2D eigenvalue weighted by Gasteiger charge is 2.18. The fourth-order valence-corrected chi connectivity index (χ4v) is 1.90. The number of hydrazine groups is 1. The van der Waals surface area contributed by atoms with E-state index in [0.29, 0.717) is 13.1 Å². The molecule has 1 heterocycles. The minimum Gasteiger partial charge on any atom is -0.338 e. The van der Waals surface area contributed by atoms with E-state index in [1.807, 2.05) is 19.3 Å². The van der Waals surface area contributed by atoms with E-state index in [1.165, 1.54) is 0 Å². The largest absolute Gasteiger partial charge is 0.338 e. The lowest BCUT2D eigenvalue weighted by Crippen LogP contribution is -2.32. The summed E-state index contributed by atoms with van der Waals surface area (Å²) in [6, 6.07) is 0. The molecule has 6 nitrogen and oxygen atoms in total. The molecule has 0 atom stereocenters. The van der Waals surface area contributed by atoms with Crippen LogP contribution < -0.4 is 11.3 Å². The van der Waals surface area contributed by atoms with Crippen LogP contribution in [0.2, 0.25) is 0 Å². The molecule has 0 aromatic carbocycles. The Labute approximate surface area is 97.4 Å². The van der Waals surface area contributed by atoms with E-state index in [-0.39, 0.29) is 16.6 Å². The van der Waals surface area contributed by atoms with Crippen molar-refractivity contribution in [2.45, 2.75) is 13.8 Å². The minimum absolute atomic E-state index is 0.169. The fourth-order valence-electron chi connectivity index (χ4n) is 1.21. The van der Waals surface area contributed by atoms with Crippen LogP contribution in [0, 0.1) is 0 Å². The molecule has 0 fully saturated rings. The quantitative estimate of drug-likeness (QED) is 0.449. The molecule has 0 radical (unpaired) electrons. The molecule has 0 aliphatic rings. The smallest absolute Gasteiger partial charge is 0.294 e. The predicted molar refractivity (Wildman–Crippen MR) is 61.0 cm³/mol. The van der Waals surface area contributed by atoms with E-state index in [2.05, 4.69) is 4.98 Å². The van der Waals surface area contributed by atoms with E-state index < -0.39 is 5.91 Å². The lowest BCUT2D eigenvalue weighted by molar-refractivity contribution is 0.0768. The number of rotatable bonds is 4. The number of nitrogen functional groups attached to an aromatic ring is 1. The van der Waals surface area contributed by atoms with Crippen LogP contribution in [-0.2, 0) is 0 Å². The molecular weight excluding hydrogens is 228 g/mol. The van der Waals surface area contributed by atoms with Crippen molar-refractivity contribution in [3.8, 4) is 0 Å². The maximum atomic E-state index is 11.8. The number of carbonyl (C=O) groups excluding carboxylic acids is 2. The molecule has 1 aromatic rings. The lowest BCUT2D eigenvalue weighted by Gasteiger charge is -2.16. The lowest BCUT2D eigenvalue weighted by atomic mass is 10.4. The van der Waals surface area contributed by atoms with E-state index in [0.717, 1.165) is 11.3 Å². The molecule has 0 spiro atoms. The van der Waals surface area contributed by atoms with Crippen LogP contribution in [0.1, 0.15) is 34.1 Å². The number of hydrogen-bond donors (Lipinski definition) is 2. The van der Waals surface area contributed by atoms with Crippen molar-refractivity contribution in [1.29, 1.82) is 0 Å². The first-order chi connectivity index (χ1) is 7.63. The highest BCUT2D eigenvalue weighted by atomic mass is 32.1. The molecule has 7 heteroatoms. The van der Waals surface area contributed by atoms with Crippen molar-refractivity contribution in [3.63, 3.8) is 0 Å². The zero-order valence-electron chi connectivity index (χ0n) is 9.19. The Balaban J connectivity index is 2.85. The predicted octanol–water partition coefficient (Wildman–Crippen LogP) is 0.229. The van der Waals surface area contributed by atoms with Crippen LogP contribution >= 0.6 is 11.3 Å². The first kappa shape index (κ1) is 12.6. The van der Waals surface area contributed by atoms with Crippen LogP contribution in [0.3, 0.4) is 0 Å². The molecule has 1 rings (SSSR count). The van der Waals surface area contributed by atoms with Crippen molar-refractivity contribution >= 4 is 23.2 Å². The van der Waals surface area contributed by atoms with Crippen molar-refractivity contribution in [2.24, 2.45) is 5.84 Å². The Bertz CT molecular complexity index is 387. The molecule has 2 amide bonds. The zero-order valence-corrected chi connectivity index (χ0v) is 10.0. The van der Waals surface area contributed by atoms with Crippen LogP contribution in [0.25, 0.3) is 0 Å². The van der Waals surface area contributed by atoms with Gasteiger partial charge in [-0.3, -0.25) is 15.0 Å². The monoisotopic (exact) mass is 242 g/mol. The third-order valence-electron chi connectivity index (χ3n) is 2.10. The van der Waals surface area contributed by atoms with Gasteiger partial charge >= 0.3 is 0 Å². The van der Waals surface area contributed by atoms with Crippen LogP contribution in [-0.4, -0.2) is 34.8 Å². The second-order valence-corrected chi connectivity index (χ2v) is 3.85. The Morgan fingerprint density at radius 1 is 1.50 bits per heavy atom. The third-order valence-corrected chi connectivity index (χ3v) is 2.94. The first-order valence-electron chi connectivity index (χ1n) is 4.89. The van der Waals surface area contributed by atoms with Crippen molar-refractivity contribution < 1.29 is 9.59 Å². The minimum atomic E-state index is -0.483. The summed E-state index contributed by atoms with van der Waals surface area (Å²) >= 11 is 1.10. The number of thiazole rings is 1.